The normalized spacial score (nSPS) is 12.0. The second kappa shape index (κ2) is 7.93. The number of hydrogen-bond acceptors (Lipinski definition) is 5. The monoisotopic (exact) mass is 387 g/mol. The number of nitrogens with zero attached hydrogens (tertiary/aromatic N) is 2. The van der Waals surface area contributed by atoms with Crippen molar-refractivity contribution in [2.45, 2.75) is 31.2 Å². The molecule has 7 heteroatoms. The van der Waals surface area contributed by atoms with Crippen LogP contribution in [0.1, 0.15) is 18.1 Å². The van der Waals surface area contributed by atoms with Crippen LogP contribution in [0.5, 0.6) is 0 Å². The van der Waals surface area contributed by atoms with Crippen molar-refractivity contribution in [2.24, 2.45) is 0 Å². The molecule has 0 radical (unpaired) electrons. The molecule has 0 fully saturated rings. The van der Waals surface area contributed by atoms with Crippen molar-refractivity contribution in [3.05, 3.63) is 58.6 Å². The van der Waals surface area contributed by atoms with Gasteiger partial charge >= 0.3 is 0 Å². The SMILES string of the molecule is Cc1cc(C)cc(-c2nnc(S[C@H](C)C(=O)Nc3ccc(Cl)cc3)o2)c1. The molecule has 0 aliphatic rings. The topological polar surface area (TPSA) is 68.0 Å². The van der Waals surface area contributed by atoms with Crippen molar-refractivity contribution in [2.75, 3.05) is 5.32 Å². The largest absolute Gasteiger partial charge is 0.411 e. The fourth-order valence-electron chi connectivity index (χ4n) is 2.45. The summed E-state index contributed by atoms with van der Waals surface area (Å²) in [5, 5.41) is 11.6. The fourth-order valence-corrected chi connectivity index (χ4v) is 3.26. The van der Waals surface area contributed by atoms with E-state index in [1.165, 1.54) is 11.8 Å². The summed E-state index contributed by atoms with van der Waals surface area (Å²) in [5.41, 5.74) is 3.82. The average Bonchev–Trinajstić information content (AvgIpc) is 3.04. The Labute approximate surface area is 161 Å². The van der Waals surface area contributed by atoms with E-state index in [0.29, 0.717) is 21.8 Å². The zero-order valence-electron chi connectivity index (χ0n) is 14.6. The summed E-state index contributed by atoms with van der Waals surface area (Å²) in [5.74, 6) is 0.299. The highest BCUT2D eigenvalue weighted by atomic mass is 35.5. The van der Waals surface area contributed by atoms with Gasteiger partial charge in [-0.15, -0.1) is 10.2 Å². The molecule has 0 spiro atoms. The molecule has 5 nitrogen and oxygen atoms in total. The molecule has 0 aliphatic heterocycles. The van der Waals surface area contributed by atoms with Crippen LogP contribution in [0.3, 0.4) is 0 Å². The van der Waals surface area contributed by atoms with Gasteiger partial charge in [0.15, 0.2) is 0 Å². The van der Waals surface area contributed by atoms with E-state index in [0.717, 1.165) is 16.7 Å². The second-order valence-electron chi connectivity index (χ2n) is 6.01. The zero-order chi connectivity index (χ0) is 18.7. The van der Waals surface area contributed by atoms with Gasteiger partial charge in [-0.25, -0.2) is 0 Å². The Morgan fingerprint density at radius 3 is 2.42 bits per heavy atom. The highest BCUT2D eigenvalue weighted by molar-refractivity contribution is 8.00. The lowest BCUT2D eigenvalue weighted by atomic mass is 10.1. The molecule has 134 valence electrons. The molecule has 3 aromatic rings. The highest BCUT2D eigenvalue weighted by Crippen LogP contribution is 2.28. The summed E-state index contributed by atoms with van der Waals surface area (Å²) in [6.07, 6.45) is 0. The predicted octanol–water partition coefficient (Wildman–Crippen LogP) is 5.13. The number of amides is 1. The van der Waals surface area contributed by atoms with Gasteiger partial charge in [0.25, 0.3) is 5.22 Å². The van der Waals surface area contributed by atoms with E-state index in [1.54, 1.807) is 31.2 Å². The molecule has 0 bridgehead atoms. The molecule has 1 amide bonds. The van der Waals surface area contributed by atoms with E-state index in [4.69, 9.17) is 16.0 Å². The van der Waals surface area contributed by atoms with Crippen molar-refractivity contribution in [1.82, 2.24) is 10.2 Å². The van der Waals surface area contributed by atoms with Gasteiger partial charge in [-0.3, -0.25) is 4.79 Å². The molecule has 1 aromatic heterocycles. The number of rotatable bonds is 5. The third-order valence-corrected chi connectivity index (χ3v) is 4.82. The maximum absolute atomic E-state index is 12.3. The lowest BCUT2D eigenvalue weighted by Crippen LogP contribution is -2.22. The van der Waals surface area contributed by atoms with Crippen LogP contribution in [0.2, 0.25) is 5.02 Å². The van der Waals surface area contributed by atoms with Crippen LogP contribution in [0.4, 0.5) is 5.69 Å². The lowest BCUT2D eigenvalue weighted by Gasteiger charge is -2.09. The van der Waals surface area contributed by atoms with E-state index < -0.39 is 5.25 Å². The van der Waals surface area contributed by atoms with Crippen LogP contribution < -0.4 is 5.32 Å². The van der Waals surface area contributed by atoms with E-state index in [-0.39, 0.29) is 5.91 Å². The Morgan fingerprint density at radius 1 is 1.12 bits per heavy atom. The maximum Gasteiger partial charge on any atom is 0.277 e. The summed E-state index contributed by atoms with van der Waals surface area (Å²) in [4.78, 5) is 12.3. The Balaban J connectivity index is 1.66. The smallest absolute Gasteiger partial charge is 0.277 e. The molecule has 1 heterocycles. The van der Waals surface area contributed by atoms with E-state index in [1.807, 2.05) is 26.0 Å². The quantitative estimate of drug-likeness (QED) is 0.615. The molecule has 0 unspecified atom stereocenters. The molecular weight excluding hydrogens is 370 g/mol. The fraction of sp³-hybridized carbons (Fsp3) is 0.211. The van der Waals surface area contributed by atoms with Gasteiger partial charge in [0.1, 0.15) is 0 Å². The number of carbonyl (C=O) groups excluding carboxylic acids is 1. The second-order valence-corrected chi connectivity index (χ2v) is 7.73. The van der Waals surface area contributed by atoms with Crippen LogP contribution >= 0.6 is 23.4 Å². The first kappa shape index (κ1) is 18.5. The molecule has 3 rings (SSSR count). The molecular formula is C19H18ClN3O2S. The Kier molecular flexibility index (Phi) is 5.64. The van der Waals surface area contributed by atoms with E-state index in [9.17, 15) is 4.79 Å². The summed E-state index contributed by atoms with van der Waals surface area (Å²) < 4.78 is 5.71. The Bertz CT molecular complexity index is 905. The van der Waals surface area contributed by atoms with E-state index >= 15 is 0 Å². The van der Waals surface area contributed by atoms with Gasteiger partial charge in [-0.2, -0.15) is 0 Å². The highest BCUT2D eigenvalue weighted by Gasteiger charge is 2.19. The van der Waals surface area contributed by atoms with Crippen LogP contribution in [-0.2, 0) is 4.79 Å². The predicted molar refractivity (Wildman–Crippen MR) is 105 cm³/mol. The molecule has 2 aromatic carbocycles. The van der Waals surface area contributed by atoms with Gasteiger partial charge in [-0.05, 0) is 57.2 Å². The number of hydrogen-bond donors (Lipinski definition) is 1. The number of nitrogens with one attached hydrogen (secondary N) is 1. The van der Waals surface area contributed by atoms with Crippen LogP contribution in [0.25, 0.3) is 11.5 Å². The molecule has 0 saturated heterocycles. The minimum absolute atomic E-state index is 0.150. The van der Waals surface area contributed by atoms with Crippen LogP contribution in [-0.4, -0.2) is 21.4 Å². The number of thioether (sulfide) groups is 1. The number of halogens is 1. The van der Waals surface area contributed by atoms with Crippen molar-refractivity contribution in [3.8, 4) is 11.5 Å². The average molecular weight is 388 g/mol. The van der Waals surface area contributed by atoms with Crippen molar-refractivity contribution in [3.63, 3.8) is 0 Å². The Morgan fingerprint density at radius 2 is 1.77 bits per heavy atom. The van der Waals surface area contributed by atoms with Gasteiger partial charge < -0.3 is 9.73 Å². The standard InChI is InChI=1S/C19H18ClN3O2S/c1-11-8-12(2)10-14(9-11)18-22-23-19(25-18)26-13(3)17(24)21-16-6-4-15(20)5-7-16/h4-10,13H,1-3H3,(H,21,24)/t13-/m1/s1. The van der Waals surface area contributed by atoms with Crippen LogP contribution in [0.15, 0.2) is 52.1 Å². The van der Waals surface area contributed by atoms with Gasteiger partial charge in [-0.1, -0.05) is 40.6 Å². The molecule has 0 aliphatic carbocycles. The number of anilines is 1. The lowest BCUT2D eigenvalue weighted by molar-refractivity contribution is -0.115. The minimum atomic E-state index is -0.391. The molecule has 1 N–H and O–H groups in total. The first-order valence-electron chi connectivity index (χ1n) is 8.06. The summed E-state index contributed by atoms with van der Waals surface area (Å²) in [7, 11) is 0. The van der Waals surface area contributed by atoms with E-state index in [2.05, 4.69) is 21.6 Å². The third kappa shape index (κ3) is 4.65. The zero-order valence-corrected chi connectivity index (χ0v) is 16.2. The Hall–Kier alpha value is -2.31. The minimum Gasteiger partial charge on any atom is -0.411 e. The summed E-state index contributed by atoms with van der Waals surface area (Å²) in [6, 6.07) is 13.0. The summed E-state index contributed by atoms with van der Waals surface area (Å²) in [6.45, 7) is 5.83. The van der Waals surface area contributed by atoms with Crippen molar-refractivity contribution in [1.29, 1.82) is 0 Å². The first-order chi connectivity index (χ1) is 12.4. The number of carbonyl (C=O) groups is 1. The third-order valence-electron chi connectivity index (χ3n) is 3.63. The van der Waals surface area contributed by atoms with Gasteiger partial charge in [0.2, 0.25) is 11.8 Å². The van der Waals surface area contributed by atoms with Gasteiger partial charge in [0.05, 0.1) is 5.25 Å². The molecule has 26 heavy (non-hydrogen) atoms. The number of aryl methyl sites for hydroxylation is 2. The summed E-state index contributed by atoms with van der Waals surface area (Å²) >= 11 is 7.07. The van der Waals surface area contributed by atoms with Crippen molar-refractivity contribution >= 4 is 35.0 Å². The molecule has 1 atom stereocenters. The number of benzene rings is 2. The van der Waals surface area contributed by atoms with Gasteiger partial charge in [0, 0.05) is 16.3 Å². The molecule has 0 saturated carbocycles. The first-order valence-corrected chi connectivity index (χ1v) is 9.32. The van der Waals surface area contributed by atoms with Crippen molar-refractivity contribution < 1.29 is 9.21 Å². The maximum atomic E-state index is 12.3. The number of aromatic nitrogens is 2. The van der Waals surface area contributed by atoms with Crippen LogP contribution in [0, 0.1) is 13.8 Å².